The van der Waals surface area contributed by atoms with Crippen LogP contribution in [0.4, 0.5) is 0 Å². The molecule has 0 spiro atoms. The zero-order valence-electron chi connectivity index (χ0n) is 9.90. The van der Waals surface area contributed by atoms with E-state index in [4.69, 9.17) is 13.9 Å². The van der Waals surface area contributed by atoms with Crippen LogP contribution < -0.4 is 10.4 Å². The minimum absolute atomic E-state index is 0.102. The molecule has 5 nitrogen and oxygen atoms in total. The molecule has 0 atom stereocenters. The highest BCUT2D eigenvalue weighted by atomic mass is 79.9. The molecule has 18 heavy (non-hydrogen) atoms. The first-order chi connectivity index (χ1) is 8.58. The van der Waals surface area contributed by atoms with Gasteiger partial charge in [0.2, 0.25) is 0 Å². The van der Waals surface area contributed by atoms with Crippen molar-refractivity contribution in [1.29, 1.82) is 0 Å². The number of carbonyl (C=O) groups excluding carboxylic acids is 1. The van der Waals surface area contributed by atoms with E-state index in [1.165, 1.54) is 13.2 Å². The van der Waals surface area contributed by atoms with Crippen LogP contribution >= 0.6 is 15.9 Å². The number of carbonyl (C=O) groups is 1. The van der Waals surface area contributed by atoms with E-state index >= 15 is 0 Å². The van der Waals surface area contributed by atoms with Crippen molar-refractivity contribution in [1.82, 2.24) is 0 Å². The number of hydrogen-bond acceptors (Lipinski definition) is 5. The maximum atomic E-state index is 11.4. The van der Waals surface area contributed by atoms with Gasteiger partial charge < -0.3 is 13.9 Å². The summed E-state index contributed by atoms with van der Waals surface area (Å²) in [6.45, 7) is 3.40. The second kappa shape index (κ2) is 7.00. The standard InChI is InChI=1S/C12H13BrO5/c1-3-4-5-10(14)17-7-8-6-9(16-2)11(13)12(15)18-8/h3,6H,1,4-5,7H2,2H3. The van der Waals surface area contributed by atoms with Gasteiger partial charge in [0.1, 0.15) is 22.6 Å². The molecule has 0 unspecified atom stereocenters. The summed E-state index contributed by atoms with van der Waals surface area (Å²) < 4.78 is 15.0. The van der Waals surface area contributed by atoms with E-state index in [9.17, 15) is 9.59 Å². The van der Waals surface area contributed by atoms with Gasteiger partial charge in [0, 0.05) is 12.5 Å². The van der Waals surface area contributed by atoms with E-state index < -0.39 is 5.63 Å². The van der Waals surface area contributed by atoms with Crippen LogP contribution in [0, 0.1) is 0 Å². The quantitative estimate of drug-likeness (QED) is 0.595. The highest BCUT2D eigenvalue weighted by molar-refractivity contribution is 9.10. The van der Waals surface area contributed by atoms with Crippen molar-refractivity contribution in [2.75, 3.05) is 7.11 Å². The molecular weight excluding hydrogens is 304 g/mol. The smallest absolute Gasteiger partial charge is 0.354 e. The van der Waals surface area contributed by atoms with Crippen LogP contribution in [0.5, 0.6) is 5.75 Å². The molecular formula is C12H13BrO5. The zero-order chi connectivity index (χ0) is 13.5. The monoisotopic (exact) mass is 316 g/mol. The molecule has 0 aliphatic rings. The van der Waals surface area contributed by atoms with Crippen LogP contribution in [0.15, 0.2) is 32.4 Å². The van der Waals surface area contributed by atoms with E-state index in [-0.39, 0.29) is 29.2 Å². The summed E-state index contributed by atoms with van der Waals surface area (Å²) in [5.74, 6) is 0.190. The molecule has 0 bridgehead atoms. The van der Waals surface area contributed by atoms with E-state index in [0.29, 0.717) is 12.2 Å². The summed E-state index contributed by atoms with van der Waals surface area (Å²) in [7, 11) is 1.43. The first-order valence-electron chi connectivity index (χ1n) is 5.21. The van der Waals surface area contributed by atoms with Crippen LogP contribution in [0.25, 0.3) is 0 Å². The Balaban J connectivity index is 2.68. The number of halogens is 1. The second-order valence-electron chi connectivity index (χ2n) is 3.37. The zero-order valence-corrected chi connectivity index (χ0v) is 11.5. The average Bonchev–Trinajstić information content (AvgIpc) is 2.37. The van der Waals surface area contributed by atoms with E-state index in [1.54, 1.807) is 6.08 Å². The maximum Gasteiger partial charge on any atom is 0.354 e. The van der Waals surface area contributed by atoms with Crippen LogP contribution in [-0.4, -0.2) is 13.1 Å². The van der Waals surface area contributed by atoms with Gasteiger partial charge in [-0.25, -0.2) is 4.79 Å². The predicted octanol–water partition coefficient (Wildman–Crippen LogP) is 2.42. The average molecular weight is 317 g/mol. The molecule has 98 valence electrons. The molecule has 0 saturated heterocycles. The van der Waals surface area contributed by atoms with Crippen molar-refractivity contribution in [3.63, 3.8) is 0 Å². The predicted molar refractivity (Wildman–Crippen MR) is 68.5 cm³/mol. The molecule has 0 aliphatic heterocycles. The van der Waals surface area contributed by atoms with Gasteiger partial charge in [0.05, 0.1) is 7.11 Å². The summed E-state index contributed by atoms with van der Waals surface area (Å²) in [4.78, 5) is 22.6. The van der Waals surface area contributed by atoms with Crippen LogP contribution in [0.3, 0.4) is 0 Å². The summed E-state index contributed by atoms with van der Waals surface area (Å²) in [6, 6.07) is 1.49. The fraction of sp³-hybridized carbons (Fsp3) is 0.333. The number of hydrogen-bond donors (Lipinski definition) is 0. The topological polar surface area (TPSA) is 65.7 Å². The van der Waals surface area contributed by atoms with Gasteiger partial charge in [0.15, 0.2) is 0 Å². The minimum atomic E-state index is -0.577. The van der Waals surface area contributed by atoms with E-state index in [0.717, 1.165) is 0 Å². The third kappa shape index (κ3) is 4.03. The van der Waals surface area contributed by atoms with Crippen molar-refractivity contribution in [2.45, 2.75) is 19.4 Å². The van der Waals surface area contributed by atoms with Gasteiger partial charge in [-0.3, -0.25) is 4.79 Å². The molecule has 1 rings (SSSR count). The first-order valence-corrected chi connectivity index (χ1v) is 6.00. The molecule has 6 heteroatoms. The van der Waals surface area contributed by atoms with Crippen molar-refractivity contribution in [2.24, 2.45) is 0 Å². The second-order valence-corrected chi connectivity index (χ2v) is 4.16. The van der Waals surface area contributed by atoms with Crippen molar-refractivity contribution in [3.05, 3.63) is 39.4 Å². The molecule has 0 fully saturated rings. The lowest BCUT2D eigenvalue weighted by molar-refractivity contribution is -0.145. The summed E-state index contributed by atoms with van der Waals surface area (Å²) in [6.07, 6.45) is 2.43. The molecule has 0 saturated carbocycles. The van der Waals surface area contributed by atoms with Crippen LogP contribution in [-0.2, 0) is 16.1 Å². The minimum Gasteiger partial charge on any atom is -0.495 e. The lowest BCUT2D eigenvalue weighted by Gasteiger charge is -2.06. The van der Waals surface area contributed by atoms with Gasteiger partial charge in [-0.15, -0.1) is 6.58 Å². The lowest BCUT2D eigenvalue weighted by Crippen LogP contribution is -2.08. The molecule has 1 aromatic rings. The lowest BCUT2D eigenvalue weighted by atomic mass is 10.3. The molecule has 0 amide bonds. The van der Waals surface area contributed by atoms with Gasteiger partial charge in [0.25, 0.3) is 0 Å². The van der Waals surface area contributed by atoms with Gasteiger partial charge in [-0.2, -0.15) is 0 Å². The highest BCUT2D eigenvalue weighted by Crippen LogP contribution is 2.22. The molecule has 0 N–H and O–H groups in total. The highest BCUT2D eigenvalue weighted by Gasteiger charge is 2.11. The van der Waals surface area contributed by atoms with Crippen LogP contribution in [0.2, 0.25) is 0 Å². The Bertz CT molecular complexity index is 492. The maximum absolute atomic E-state index is 11.4. The Labute approximate surface area is 113 Å². The summed E-state index contributed by atoms with van der Waals surface area (Å²) in [5.41, 5.74) is -0.577. The van der Waals surface area contributed by atoms with Crippen molar-refractivity contribution < 1.29 is 18.7 Å². The number of esters is 1. The Morgan fingerprint density at radius 1 is 1.61 bits per heavy atom. The van der Waals surface area contributed by atoms with Gasteiger partial charge in [-0.05, 0) is 22.4 Å². The molecule has 1 heterocycles. The molecule has 0 aliphatic carbocycles. The Morgan fingerprint density at radius 2 is 2.33 bits per heavy atom. The van der Waals surface area contributed by atoms with Gasteiger partial charge in [-0.1, -0.05) is 6.08 Å². The van der Waals surface area contributed by atoms with Gasteiger partial charge >= 0.3 is 11.6 Å². The number of methoxy groups -OCH3 is 1. The largest absolute Gasteiger partial charge is 0.495 e. The fourth-order valence-corrected chi connectivity index (χ4v) is 1.52. The van der Waals surface area contributed by atoms with Crippen molar-refractivity contribution >= 4 is 21.9 Å². The summed E-state index contributed by atoms with van der Waals surface area (Å²) >= 11 is 3.04. The Hall–Kier alpha value is -1.56. The summed E-state index contributed by atoms with van der Waals surface area (Å²) in [5, 5.41) is 0. The third-order valence-electron chi connectivity index (χ3n) is 2.06. The SMILES string of the molecule is C=CCCC(=O)OCc1cc(OC)c(Br)c(=O)o1. The number of ether oxygens (including phenoxy) is 2. The van der Waals surface area contributed by atoms with Crippen molar-refractivity contribution in [3.8, 4) is 5.75 Å². The van der Waals surface area contributed by atoms with E-state index in [1.807, 2.05) is 0 Å². The third-order valence-corrected chi connectivity index (χ3v) is 2.77. The number of rotatable bonds is 6. The molecule has 1 aromatic heterocycles. The molecule has 0 radical (unpaired) electrons. The Kier molecular flexibility index (Phi) is 5.64. The van der Waals surface area contributed by atoms with E-state index in [2.05, 4.69) is 22.5 Å². The first kappa shape index (κ1) is 14.5. The fourth-order valence-electron chi connectivity index (χ4n) is 1.17. The molecule has 0 aromatic carbocycles. The van der Waals surface area contributed by atoms with Crippen LogP contribution in [0.1, 0.15) is 18.6 Å². The normalized spacial score (nSPS) is 9.89. The number of allylic oxidation sites excluding steroid dienone is 1. The Morgan fingerprint density at radius 3 is 2.94 bits per heavy atom.